The number of imide groups is 1. The highest BCUT2D eigenvalue weighted by molar-refractivity contribution is 9.11. The van der Waals surface area contributed by atoms with Gasteiger partial charge in [-0.3, -0.25) is 10.1 Å². The van der Waals surface area contributed by atoms with Crippen LogP contribution in [-0.4, -0.2) is 18.5 Å². The van der Waals surface area contributed by atoms with E-state index in [1.54, 1.807) is 18.0 Å². The number of nitrogens with one attached hydrogen (secondary N) is 2. The Morgan fingerprint density at radius 3 is 2.75 bits per heavy atom. The zero-order valence-electron chi connectivity index (χ0n) is 6.56. The van der Waals surface area contributed by atoms with Gasteiger partial charge in [0.15, 0.2) is 0 Å². The minimum atomic E-state index is -0.641. The Morgan fingerprint density at radius 2 is 2.25 bits per heavy atom. The van der Waals surface area contributed by atoms with Gasteiger partial charge in [-0.25, -0.2) is 4.79 Å². The summed E-state index contributed by atoms with van der Waals surface area (Å²) in [6.07, 6.45) is 1.70. The Kier molecular flexibility index (Phi) is 2.52. The molecular formula is C7H9BrN2O2. The number of hydrogen-bond donors (Lipinski definition) is 2. The maximum absolute atomic E-state index is 11.3. The number of urea groups is 1. The summed E-state index contributed by atoms with van der Waals surface area (Å²) in [5, 5.41) is 4.74. The lowest BCUT2D eigenvalue weighted by molar-refractivity contribution is -0.127. The van der Waals surface area contributed by atoms with Crippen LogP contribution in [0.15, 0.2) is 11.1 Å². The van der Waals surface area contributed by atoms with Gasteiger partial charge in [0.05, 0.1) is 5.41 Å². The maximum Gasteiger partial charge on any atom is 0.321 e. The van der Waals surface area contributed by atoms with Crippen molar-refractivity contribution in [2.45, 2.75) is 6.92 Å². The van der Waals surface area contributed by atoms with Crippen LogP contribution in [0, 0.1) is 5.41 Å². The summed E-state index contributed by atoms with van der Waals surface area (Å²) in [7, 11) is 0. The van der Waals surface area contributed by atoms with Gasteiger partial charge in [-0.2, -0.15) is 0 Å². The van der Waals surface area contributed by atoms with Crippen molar-refractivity contribution in [1.82, 2.24) is 10.6 Å². The van der Waals surface area contributed by atoms with Gasteiger partial charge in [0.25, 0.3) is 0 Å². The molecule has 4 nitrogen and oxygen atoms in total. The molecule has 0 spiro atoms. The van der Waals surface area contributed by atoms with E-state index in [0.29, 0.717) is 6.54 Å². The van der Waals surface area contributed by atoms with Crippen molar-refractivity contribution in [2.24, 2.45) is 5.41 Å². The zero-order chi connectivity index (χ0) is 9.19. The van der Waals surface area contributed by atoms with Crippen molar-refractivity contribution in [3.63, 3.8) is 0 Å². The van der Waals surface area contributed by atoms with Crippen molar-refractivity contribution in [2.75, 3.05) is 6.54 Å². The second-order valence-corrected chi connectivity index (χ2v) is 3.38. The Labute approximate surface area is 78.5 Å². The second kappa shape index (κ2) is 3.26. The predicted molar refractivity (Wildman–Crippen MR) is 47.7 cm³/mol. The highest BCUT2D eigenvalue weighted by atomic mass is 79.9. The van der Waals surface area contributed by atoms with Crippen LogP contribution in [0.4, 0.5) is 4.79 Å². The summed E-state index contributed by atoms with van der Waals surface area (Å²) in [5.41, 5.74) is -0.641. The Hall–Kier alpha value is -0.840. The SMILES string of the molecule is CC1(C=CBr)CNC(=O)NC1=O. The molecule has 5 heteroatoms. The van der Waals surface area contributed by atoms with Crippen LogP contribution in [0.1, 0.15) is 6.92 Å². The third-order valence-electron chi connectivity index (χ3n) is 1.79. The molecule has 66 valence electrons. The molecule has 0 saturated carbocycles. The van der Waals surface area contributed by atoms with E-state index in [1.165, 1.54) is 0 Å². The van der Waals surface area contributed by atoms with Gasteiger partial charge in [-0.05, 0) is 11.9 Å². The molecule has 0 aromatic carbocycles. The molecule has 3 amide bonds. The third-order valence-corrected chi connectivity index (χ3v) is 2.06. The van der Waals surface area contributed by atoms with Gasteiger partial charge < -0.3 is 5.32 Å². The monoisotopic (exact) mass is 232 g/mol. The maximum atomic E-state index is 11.3. The number of rotatable bonds is 1. The number of carbonyl (C=O) groups excluding carboxylic acids is 2. The van der Waals surface area contributed by atoms with Crippen LogP contribution in [0.25, 0.3) is 0 Å². The van der Waals surface area contributed by atoms with E-state index < -0.39 is 11.4 Å². The Balaban J connectivity index is 2.79. The molecule has 12 heavy (non-hydrogen) atoms. The zero-order valence-corrected chi connectivity index (χ0v) is 8.14. The van der Waals surface area contributed by atoms with E-state index in [9.17, 15) is 9.59 Å². The smallest absolute Gasteiger partial charge is 0.321 e. The average molecular weight is 233 g/mol. The molecule has 0 aromatic rings. The van der Waals surface area contributed by atoms with Gasteiger partial charge in [-0.15, -0.1) is 0 Å². The second-order valence-electron chi connectivity index (χ2n) is 2.85. The molecule has 2 N–H and O–H groups in total. The van der Waals surface area contributed by atoms with Crippen LogP contribution >= 0.6 is 15.9 Å². The first-order valence-corrected chi connectivity index (χ1v) is 4.37. The van der Waals surface area contributed by atoms with Gasteiger partial charge in [-0.1, -0.05) is 22.0 Å². The summed E-state index contributed by atoms with van der Waals surface area (Å²) in [6.45, 7) is 2.08. The molecule has 1 rings (SSSR count). The van der Waals surface area contributed by atoms with E-state index in [0.717, 1.165) is 0 Å². The highest BCUT2D eigenvalue weighted by Gasteiger charge is 2.35. The van der Waals surface area contributed by atoms with E-state index >= 15 is 0 Å². The summed E-state index contributed by atoms with van der Waals surface area (Å²) < 4.78 is 0. The van der Waals surface area contributed by atoms with E-state index in [2.05, 4.69) is 26.6 Å². The summed E-state index contributed by atoms with van der Waals surface area (Å²) >= 11 is 3.09. The number of amides is 3. The quantitative estimate of drug-likeness (QED) is 0.701. The molecule has 0 bridgehead atoms. The Morgan fingerprint density at radius 1 is 1.58 bits per heavy atom. The van der Waals surface area contributed by atoms with Crippen LogP contribution in [-0.2, 0) is 4.79 Å². The van der Waals surface area contributed by atoms with Gasteiger partial charge in [0.1, 0.15) is 0 Å². The molecule has 0 aromatic heterocycles. The number of halogens is 1. The largest absolute Gasteiger partial charge is 0.336 e. The van der Waals surface area contributed by atoms with Crippen LogP contribution < -0.4 is 10.6 Å². The standard InChI is InChI=1S/C7H9BrN2O2/c1-7(2-3-8)4-9-6(12)10-5(7)11/h2-3H,4H2,1H3,(H2,9,10,11,12). The molecule has 0 radical (unpaired) electrons. The van der Waals surface area contributed by atoms with Crippen molar-refractivity contribution in [3.05, 3.63) is 11.1 Å². The Bertz CT molecular complexity index is 252. The van der Waals surface area contributed by atoms with E-state index in [-0.39, 0.29) is 5.91 Å². The molecule has 0 aliphatic carbocycles. The molecule has 1 fully saturated rings. The minimum Gasteiger partial charge on any atom is -0.336 e. The van der Waals surface area contributed by atoms with Crippen molar-refractivity contribution in [3.8, 4) is 0 Å². The van der Waals surface area contributed by atoms with Crippen molar-refractivity contribution in [1.29, 1.82) is 0 Å². The average Bonchev–Trinajstić information content (AvgIpc) is 1.99. The normalized spacial score (nSPS) is 30.2. The van der Waals surface area contributed by atoms with Crippen LogP contribution in [0.2, 0.25) is 0 Å². The van der Waals surface area contributed by atoms with E-state index in [4.69, 9.17) is 0 Å². The summed E-state index contributed by atoms with van der Waals surface area (Å²) in [4.78, 5) is 23.6. The fraction of sp³-hybridized carbons (Fsp3) is 0.429. The van der Waals surface area contributed by atoms with Crippen LogP contribution in [0.3, 0.4) is 0 Å². The lowest BCUT2D eigenvalue weighted by Gasteiger charge is -2.29. The van der Waals surface area contributed by atoms with Gasteiger partial charge in [0.2, 0.25) is 5.91 Å². The topological polar surface area (TPSA) is 58.2 Å². The molecule has 1 heterocycles. The fourth-order valence-corrected chi connectivity index (χ4v) is 1.49. The molecule has 1 aliphatic rings. The van der Waals surface area contributed by atoms with Gasteiger partial charge in [0, 0.05) is 6.54 Å². The first kappa shape index (κ1) is 9.25. The summed E-state index contributed by atoms with van der Waals surface area (Å²) in [5.74, 6) is -0.276. The van der Waals surface area contributed by atoms with Crippen LogP contribution in [0.5, 0.6) is 0 Å². The third kappa shape index (κ3) is 1.66. The molecule has 1 aliphatic heterocycles. The first-order chi connectivity index (χ1) is 5.58. The predicted octanol–water partition coefficient (Wildman–Crippen LogP) is 0.741. The summed E-state index contributed by atoms with van der Waals surface area (Å²) in [6, 6.07) is -0.430. The lowest BCUT2D eigenvalue weighted by atomic mass is 9.88. The first-order valence-electron chi connectivity index (χ1n) is 3.46. The lowest BCUT2D eigenvalue weighted by Crippen LogP contribution is -2.56. The molecular weight excluding hydrogens is 224 g/mol. The molecule has 1 unspecified atom stereocenters. The van der Waals surface area contributed by atoms with E-state index in [1.807, 2.05) is 0 Å². The van der Waals surface area contributed by atoms with Crippen molar-refractivity contribution >= 4 is 27.9 Å². The number of carbonyl (C=O) groups is 2. The van der Waals surface area contributed by atoms with Crippen molar-refractivity contribution < 1.29 is 9.59 Å². The fourth-order valence-electron chi connectivity index (χ4n) is 0.908. The molecule has 1 saturated heterocycles. The highest BCUT2D eigenvalue weighted by Crippen LogP contribution is 2.20. The van der Waals surface area contributed by atoms with Gasteiger partial charge >= 0.3 is 6.03 Å². The molecule has 1 atom stereocenters. The number of hydrogen-bond acceptors (Lipinski definition) is 2. The minimum absolute atomic E-state index is 0.276.